The van der Waals surface area contributed by atoms with E-state index in [1.807, 2.05) is 0 Å². The first-order valence-corrected chi connectivity index (χ1v) is 8.27. The van der Waals surface area contributed by atoms with Crippen LogP contribution in [0, 0.1) is 32.6 Å². The maximum absolute atomic E-state index is 6.50. The highest BCUT2D eigenvalue weighted by atomic mass is 35.5. The van der Waals surface area contributed by atoms with Gasteiger partial charge in [0, 0.05) is 10.7 Å². The summed E-state index contributed by atoms with van der Waals surface area (Å²) in [7, 11) is 0. The Kier molecular flexibility index (Phi) is 4.69. The van der Waals surface area contributed by atoms with Gasteiger partial charge in [-0.3, -0.25) is 0 Å². The normalized spacial score (nSPS) is 23.4. The van der Waals surface area contributed by atoms with Gasteiger partial charge in [0.2, 0.25) is 0 Å². The number of nitrogen functional groups attached to an aromatic ring is 1. The van der Waals surface area contributed by atoms with Crippen LogP contribution in [0.5, 0.6) is 0 Å². The van der Waals surface area contributed by atoms with Crippen molar-refractivity contribution >= 4 is 17.3 Å². The summed E-state index contributed by atoms with van der Waals surface area (Å²) >= 11 is 6.50. The van der Waals surface area contributed by atoms with E-state index in [2.05, 4.69) is 34.6 Å². The van der Waals surface area contributed by atoms with Gasteiger partial charge < -0.3 is 5.73 Å². The van der Waals surface area contributed by atoms with Crippen molar-refractivity contribution in [3.63, 3.8) is 0 Å². The molecular formula is C18H28ClN. The molecule has 0 bridgehead atoms. The molecule has 0 atom stereocenters. The maximum Gasteiger partial charge on any atom is 0.0471 e. The molecule has 1 fully saturated rings. The van der Waals surface area contributed by atoms with Crippen molar-refractivity contribution in [3.8, 4) is 0 Å². The third-order valence-corrected chi connectivity index (χ3v) is 6.01. The van der Waals surface area contributed by atoms with E-state index >= 15 is 0 Å². The molecule has 1 aromatic rings. The quantitative estimate of drug-likeness (QED) is 0.687. The monoisotopic (exact) mass is 293 g/mol. The highest BCUT2D eigenvalue weighted by Crippen LogP contribution is 2.44. The molecule has 0 radical (unpaired) electrons. The van der Waals surface area contributed by atoms with Crippen LogP contribution in [0.1, 0.15) is 67.7 Å². The third kappa shape index (κ3) is 2.70. The highest BCUT2D eigenvalue weighted by Gasteiger charge is 2.28. The molecule has 2 rings (SSSR count). The second-order valence-electron chi connectivity index (χ2n) is 6.87. The summed E-state index contributed by atoms with van der Waals surface area (Å²) in [6, 6.07) is 0. The maximum atomic E-state index is 6.50. The SMILES string of the molecule is Cc1c(C)c(Cl)c(C)c(C2CCC(C(C)C)CC2)c1N. The number of benzene rings is 1. The van der Waals surface area contributed by atoms with Crippen LogP contribution in [0.15, 0.2) is 0 Å². The summed E-state index contributed by atoms with van der Waals surface area (Å²) in [5.41, 5.74) is 12.3. The topological polar surface area (TPSA) is 26.0 Å². The van der Waals surface area contributed by atoms with Crippen LogP contribution in [-0.4, -0.2) is 0 Å². The molecule has 0 aromatic heterocycles. The number of hydrogen-bond acceptors (Lipinski definition) is 1. The van der Waals surface area contributed by atoms with Crippen LogP contribution in [0.3, 0.4) is 0 Å². The zero-order valence-electron chi connectivity index (χ0n) is 13.5. The van der Waals surface area contributed by atoms with E-state index in [-0.39, 0.29) is 0 Å². The van der Waals surface area contributed by atoms with E-state index in [9.17, 15) is 0 Å². The van der Waals surface area contributed by atoms with Gasteiger partial charge in [-0.25, -0.2) is 0 Å². The van der Waals surface area contributed by atoms with E-state index in [4.69, 9.17) is 17.3 Å². The largest absolute Gasteiger partial charge is 0.398 e. The van der Waals surface area contributed by atoms with Crippen molar-refractivity contribution in [2.45, 2.75) is 66.2 Å². The van der Waals surface area contributed by atoms with E-state index < -0.39 is 0 Å². The Labute approximate surface area is 128 Å². The van der Waals surface area contributed by atoms with Crippen LogP contribution in [-0.2, 0) is 0 Å². The van der Waals surface area contributed by atoms with Gasteiger partial charge in [0.15, 0.2) is 0 Å². The van der Waals surface area contributed by atoms with Crippen molar-refractivity contribution in [1.82, 2.24) is 0 Å². The lowest BCUT2D eigenvalue weighted by atomic mass is 9.73. The molecular weight excluding hydrogens is 266 g/mol. The van der Waals surface area contributed by atoms with Gasteiger partial charge in [0.1, 0.15) is 0 Å². The highest BCUT2D eigenvalue weighted by molar-refractivity contribution is 6.32. The molecule has 0 amide bonds. The van der Waals surface area contributed by atoms with Crippen molar-refractivity contribution in [3.05, 3.63) is 27.3 Å². The summed E-state index contributed by atoms with van der Waals surface area (Å²) in [5.74, 6) is 2.29. The lowest BCUT2D eigenvalue weighted by Crippen LogP contribution is -2.19. The van der Waals surface area contributed by atoms with Crippen LogP contribution in [0.4, 0.5) is 5.69 Å². The second kappa shape index (κ2) is 5.97. The molecule has 112 valence electrons. The van der Waals surface area contributed by atoms with Gasteiger partial charge >= 0.3 is 0 Å². The first-order chi connectivity index (χ1) is 9.34. The summed E-state index contributed by atoms with van der Waals surface area (Å²) in [4.78, 5) is 0. The number of anilines is 1. The first kappa shape index (κ1) is 15.7. The lowest BCUT2D eigenvalue weighted by molar-refractivity contribution is 0.259. The smallest absolute Gasteiger partial charge is 0.0471 e. The molecule has 1 aliphatic carbocycles. The molecule has 1 saturated carbocycles. The molecule has 1 nitrogen and oxygen atoms in total. The molecule has 2 N–H and O–H groups in total. The van der Waals surface area contributed by atoms with Crippen LogP contribution < -0.4 is 5.73 Å². The Morgan fingerprint density at radius 3 is 2.00 bits per heavy atom. The Hall–Kier alpha value is -0.690. The molecule has 1 aromatic carbocycles. The zero-order chi connectivity index (χ0) is 15.0. The fraction of sp³-hybridized carbons (Fsp3) is 0.667. The van der Waals surface area contributed by atoms with E-state index in [1.54, 1.807) is 0 Å². The molecule has 2 heteroatoms. The fourth-order valence-corrected chi connectivity index (χ4v) is 4.01. The Morgan fingerprint density at radius 1 is 0.950 bits per heavy atom. The Balaban J connectivity index is 2.31. The van der Waals surface area contributed by atoms with Gasteiger partial charge in [-0.15, -0.1) is 0 Å². The van der Waals surface area contributed by atoms with Crippen molar-refractivity contribution < 1.29 is 0 Å². The summed E-state index contributed by atoms with van der Waals surface area (Å²) in [6.07, 6.45) is 5.16. The van der Waals surface area contributed by atoms with E-state index in [0.717, 1.165) is 28.1 Å². The zero-order valence-corrected chi connectivity index (χ0v) is 14.3. The minimum Gasteiger partial charge on any atom is -0.398 e. The minimum absolute atomic E-state index is 0.599. The lowest BCUT2D eigenvalue weighted by Gasteiger charge is -2.33. The average molecular weight is 294 g/mol. The van der Waals surface area contributed by atoms with Gasteiger partial charge in [-0.05, 0) is 86.5 Å². The molecule has 20 heavy (non-hydrogen) atoms. The Morgan fingerprint density at radius 2 is 1.50 bits per heavy atom. The Bertz CT molecular complexity index is 468. The van der Waals surface area contributed by atoms with Gasteiger partial charge in [0.25, 0.3) is 0 Å². The van der Waals surface area contributed by atoms with Gasteiger partial charge in [-0.1, -0.05) is 25.4 Å². The molecule has 0 heterocycles. The molecule has 1 aliphatic rings. The van der Waals surface area contributed by atoms with Gasteiger partial charge in [0.05, 0.1) is 0 Å². The fourth-order valence-electron chi connectivity index (χ4n) is 3.77. The number of nitrogens with two attached hydrogens (primary N) is 1. The minimum atomic E-state index is 0.599. The van der Waals surface area contributed by atoms with Crippen LogP contribution in [0.25, 0.3) is 0 Å². The summed E-state index contributed by atoms with van der Waals surface area (Å²) < 4.78 is 0. The van der Waals surface area contributed by atoms with Crippen LogP contribution >= 0.6 is 11.6 Å². The number of rotatable bonds is 2. The van der Waals surface area contributed by atoms with E-state index in [0.29, 0.717) is 5.92 Å². The predicted molar refractivity (Wildman–Crippen MR) is 89.6 cm³/mol. The molecule has 0 saturated heterocycles. The number of halogens is 1. The van der Waals surface area contributed by atoms with E-state index in [1.165, 1.54) is 42.4 Å². The third-order valence-electron chi connectivity index (χ3n) is 5.44. The average Bonchev–Trinajstić information content (AvgIpc) is 2.44. The van der Waals surface area contributed by atoms with Crippen LogP contribution in [0.2, 0.25) is 5.02 Å². The molecule has 0 aliphatic heterocycles. The molecule has 0 unspecified atom stereocenters. The van der Waals surface area contributed by atoms with Gasteiger partial charge in [-0.2, -0.15) is 0 Å². The number of hydrogen-bond donors (Lipinski definition) is 1. The molecule has 0 spiro atoms. The summed E-state index contributed by atoms with van der Waals surface area (Å²) in [6.45, 7) is 11.0. The van der Waals surface area contributed by atoms with Crippen molar-refractivity contribution in [2.24, 2.45) is 11.8 Å². The van der Waals surface area contributed by atoms with Crippen molar-refractivity contribution in [1.29, 1.82) is 0 Å². The second-order valence-corrected chi connectivity index (χ2v) is 7.25. The standard InChI is InChI=1S/C18H28ClN/c1-10(2)14-6-8-15(9-7-14)16-13(5)17(19)11(3)12(4)18(16)20/h10,14-15H,6-9,20H2,1-5H3. The predicted octanol–water partition coefficient (Wildman–Crippen LogP) is 5.78. The summed E-state index contributed by atoms with van der Waals surface area (Å²) in [5, 5.41) is 0.915. The van der Waals surface area contributed by atoms with Crippen molar-refractivity contribution in [2.75, 3.05) is 5.73 Å². The first-order valence-electron chi connectivity index (χ1n) is 7.89.